The molecule has 0 saturated carbocycles. The third-order valence-electron chi connectivity index (χ3n) is 2.30. The first kappa shape index (κ1) is 12.7. The molecule has 0 radical (unpaired) electrons. The lowest BCUT2D eigenvalue weighted by molar-refractivity contribution is 0.510. The molecular weight excluding hydrogens is 230 g/mol. The molecule has 0 fully saturated rings. The van der Waals surface area contributed by atoms with Gasteiger partial charge in [0.1, 0.15) is 0 Å². The fraction of sp³-hybridized carbons (Fsp3) is 0.600. The number of nitrogens with one attached hydrogen (secondary N) is 1. The third kappa shape index (κ3) is 3.59. The summed E-state index contributed by atoms with van der Waals surface area (Å²) in [4.78, 5) is 1.20. The first-order valence-corrected chi connectivity index (χ1v) is 7.42. The van der Waals surface area contributed by atoms with E-state index in [1.54, 1.807) is 18.3 Å². The van der Waals surface area contributed by atoms with E-state index >= 15 is 0 Å². The second kappa shape index (κ2) is 4.63. The van der Waals surface area contributed by atoms with E-state index in [9.17, 15) is 8.42 Å². The van der Waals surface area contributed by atoms with Crippen LogP contribution in [-0.2, 0) is 15.4 Å². The minimum Gasteiger partial charge on any atom is -0.214 e. The molecule has 1 heterocycles. The molecule has 0 aromatic carbocycles. The quantitative estimate of drug-likeness (QED) is 0.864. The van der Waals surface area contributed by atoms with Crippen molar-refractivity contribution in [2.24, 2.45) is 0 Å². The number of rotatable bonds is 5. The van der Waals surface area contributed by atoms with Crippen LogP contribution in [0.4, 0.5) is 0 Å². The molecule has 0 aliphatic carbocycles. The normalized spacial score (nSPS) is 13.0. The molecule has 86 valence electrons. The molecule has 0 unspecified atom stereocenters. The topological polar surface area (TPSA) is 46.2 Å². The molecule has 3 nitrogen and oxygen atoms in total. The first-order valence-electron chi connectivity index (χ1n) is 4.89. The largest absolute Gasteiger partial charge is 0.214 e. The standard InChI is InChI=1S/C10H17NO2S2/c1-4-15(12,13)11-8-10(2,3)9-6-5-7-14-9/h5-7,11H,4,8H2,1-3H3. The lowest BCUT2D eigenvalue weighted by Crippen LogP contribution is -2.36. The zero-order chi connectivity index (χ0) is 11.5. The highest BCUT2D eigenvalue weighted by atomic mass is 32.2. The minimum atomic E-state index is -3.09. The van der Waals surface area contributed by atoms with Crippen LogP contribution in [0.25, 0.3) is 0 Å². The van der Waals surface area contributed by atoms with Gasteiger partial charge in [-0.05, 0) is 18.4 Å². The van der Waals surface area contributed by atoms with Crippen molar-refractivity contribution in [2.75, 3.05) is 12.3 Å². The first-order chi connectivity index (χ1) is 6.87. The summed E-state index contributed by atoms with van der Waals surface area (Å²) in [6, 6.07) is 4.01. The van der Waals surface area contributed by atoms with E-state index in [0.717, 1.165) is 0 Å². The fourth-order valence-corrected chi connectivity index (χ4v) is 2.78. The van der Waals surface area contributed by atoms with Crippen molar-refractivity contribution in [1.82, 2.24) is 4.72 Å². The fourth-order valence-electron chi connectivity index (χ4n) is 1.14. The molecule has 1 aromatic heterocycles. The molecule has 0 amide bonds. The molecule has 0 spiro atoms. The van der Waals surface area contributed by atoms with Crippen molar-refractivity contribution in [3.8, 4) is 0 Å². The Morgan fingerprint density at radius 1 is 1.47 bits per heavy atom. The van der Waals surface area contributed by atoms with Gasteiger partial charge < -0.3 is 0 Å². The molecule has 1 aromatic rings. The van der Waals surface area contributed by atoms with E-state index in [-0.39, 0.29) is 11.2 Å². The van der Waals surface area contributed by atoms with Gasteiger partial charge in [0, 0.05) is 16.8 Å². The van der Waals surface area contributed by atoms with Gasteiger partial charge in [-0.3, -0.25) is 0 Å². The van der Waals surface area contributed by atoms with E-state index < -0.39 is 10.0 Å². The van der Waals surface area contributed by atoms with Crippen LogP contribution >= 0.6 is 11.3 Å². The zero-order valence-corrected chi connectivity index (χ0v) is 10.9. The number of hydrogen-bond donors (Lipinski definition) is 1. The Morgan fingerprint density at radius 3 is 2.60 bits per heavy atom. The summed E-state index contributed by atoms with van der Waals surface area (Å²) in [6.45, 7) is 6.16. The van der Waals surface area contributed by atoms with E-state index in [0.29, 0.717) is 6.54 Å². The van der Waals surface area contributed by atoms with Gasteiger partial charge in [-0.15, -0.1) is 11.3 Å². The second-order valence-corrected chi connectivity index (χ2v) is 7.13. The van der Waals surface area contributed by atoms with Crippen molar-refractivity contribution in [3.05, 3.63) is 22.4 Å². The molecule has 0 atom stereocenters. The maximum Gasteiger partial charge on any atom is 0.211 e. The van der Waals surface area contributed by atoms with Gasteiger partial charge >= 0.3 is 0 Å². The Balaban J connectivity index is 2.66. The predicted octanol–water partition coefficient (Wildman–Crippen LogP) is 1.97. The summed E-state index contributed by atoms with van der Waals surface area (Å²) in [7, 11) is -3.09. The average Bonchev–Trinajstić information content (AvgIpc) is 2.69. The lowest BCUT2D eigenvalue weighted by atomic mass is 9.92. The summed E-state index contributed by atoms with van der Waals surface area (Å²) in [6.07, 6.45) is 0. The third-order valence-corrected chi connectivity index (χ3v) is 4.88. The Labute approximate surface area is 95.6 Å². The average molecular weight is 247 g/mol. The monoisotopic (exact) mass is 247 g/mol. The maximum absolute atomic E-state index is 11.3. The number of sulfonamides is 1. The van der Waals surface area contributed by atoms with Crippen LogP contribution in [0.2, 0.25) is 0 Å². The molecule has 0 saturated heterocycles. The summed E-state index contributed by atoms with van der Waals surface area (Å²) in [5.74, 6) is 0.132. The van der Waals surface area contributed by atoms with Gasteiger partial charge in [0.2, 0.25) is 10.0 Å². The highest BCUT2D eigenvalue weighted by Gasteiger charge is 2.23. The van der Waals surface area contributed by atoms with Crippen LogP contribution in [0.15, 0.2) is 17.5 Å². The Bertz CT molecular complexity index is 393. The summed E-state index contributed by atoms with van der Waals surface area (Å²) >= 11 is 1.65. The van der Waals surface area contributed by atoms with Crippen LogP contribution in [-0.4, -0.2) is 20.7 Å². The molecule has 0 aliphatic rings. The van der Waals surface area contributed by atoms with Crippen molar-refractivity contribution in [1.29, 1.82) is 0 Å². The van der Waals surface area contributed by atoms with Crippen LogP contribution in [0.3, 0.4) is 0 Å². The maximum atomic E-state index is 11.3. The van der Waals surface area contributed by atoms with Gasteiger partial charge in [-0.1, -0.05) is 19.9 Å². The molecule has 0 aliphatic heterocycles. The van der Waals surface area contributed by atoms with Gasteiger partial charge in [0.25, 0.3) is 0 Å². The van der Waals surface area contributed by atoms with E-state index in [2.05, 4.69) is 4.72 Å². The lowest BCUT2D eigenvalue weighted by Gasteiger charge is -2.23. The SMILES string of the molecule is CCS(=O)(=O)NCC(C)(C)c1cccs1. The highest BCUT2D eigenvalue weighted by Crippen LogP contribution is 2.26. The molecule has 0 bridgehead atoms. The van der Waals surface area contributed by atoms with Crippen LogP contribution in [0.1, 0.15) is 25.6 Å². The molecule has 15 heavy (non-hydrogen) atoms. The van der Waals surface area contributed by atoms with Crippen molar-refractivity contribution < 1.29 is 8.42 Å². The molecule has 1 N–H and O–H groups in total. The summed E-state index contributed by atoms with van der Waals surface area (Å²) in [5, 5.41) is 2.01. The van der Waals surface area contributed by atoms with Crippen LogP contribution in [0, 0.1) is 0 Å². The summed E-state index contributed by atoms with van der Waals surface area (Å²) in [5.41, 5.74) is -0.142. The minimum absolute atomic E-state index is 0.132. The number of thiophene rings is 1. The van der Waals surface area contributed by atoms with Gasteiger partial charge in [-0.25, -0.2) is 13.1 Å². The Kier molecular flexibility index (Phi) is 3.92. The van der Waals surface area contributed by atoms with Crippen LogP contribution < -0.4 is 4.72 Å². The van der Waals surface area contributed by atoms with Gasteiger partial charge in [0.15, 0.2) is 0 Å². The van der Waals surface area contributed by atoms with Crippen molar-refractivity contribution in [2.45, 2.75) is 26.2 Å². The van der Waals surface area contributed by atoms with E-state index in [1.807, 2.05) is 31.4 Å². The van der Waals surface area contributed by atoms with E-state index in [1.165, 1.54) is 4.88 Å². The summed E-state index contributed by atoms with van der Waals surface area (Å²) < 4.78 is 25.2. The van der Waals surface area contributed by atoms with Gasteiger partial charge in [0.05, 0.1) is 5.75 Å². The highest BCUT2D eigenvalue weighted by molar-refractivity contribution is 7.89. The second-order valence-electron chi connectivity index (χ2n) is 4.09. The Hall–Kier alpha value is -0.390. The van der Waals surface area contributed by atoms with Crippen molar-refractivity contribution >= 4 is 21.4 Å². The molecule has 1 rings (SSSR count). The van der Waals surface area contributed by atoms with Gasteiger partial charge in [-0.2, -0.15) is 0 Å². The Morgan fingerprint density at radius 2 is 2.13 bits per heavy atom. The molecular formula is C10H17NO2S2. The number of hydrogen-bond acceptors (Lipinski definition) is 3. The smallest absolute Gasteiger partial charge is 0.211 e. The van der Waals surface area contributed by atoms with Crippen molar-refractivity contribution in [3.63, 3.8) is 0 Å². The van der Waals surface area contributed by atoms with Crippen LogP contribution in [0.5, 0.6) is 0 Å². The predicted molar refractivity (Wildman–Crippen MR) is 64.8 cm³/mol. The molecule has 5 heteroatoms. The zero-order valence-electron chi connectivity index (χ0n) is 9.28. The van der Waals surface area contributed by atoms with E-state index in [4.69, 9.17) is 0 Å².